The number of nitrogens with one attached hydrogen (secondary N) is 1. The Balaban J connectivity index is 1.79. The molecule has 4 nitrogen and oxygen atoms in total. The van der Waals surface area contributed by atoms with Gasteiger partial charge in [0.1, 0.15) is 5.82 Å². The van der Waals surface area contributed by atoms with Crippen LogP contribution in [0.1, 0.15) is 42.9 Å². The SMILES string of the molecule is Cc1ccc(N2CC(C(=O)Nc3c(C)cccc3C(C)C)CC2=O)c(F)c1. The van der Waals surface area contributed by atoms with Gasteiger partial charge in [-0.25, -0.2) is 4.39 Å². The summed E-state index contributed by atoms with van der Waals surface area (Å²) in [7, 11) is 0. The molecule has 3 rings (SSSR count). The maximum absolute atomic E-state index is 14.3. The molecule has 1 fully saturated rings. The van der Waals surface area contributed by atoms with E-state index >= 15 is 0 Å². The van der Waals surface area contributed by atoms with Gasteiger partial charge < -0.3 is 10.2 Å². The predicted octanol–water partition coefficient (Wildman–Crippen LogP) is 4.56. The Morgan fingerprint density at radius 3 is 2.63 bits per heavy atom. The molecule has 1 aliphatic rings. The van der Waals surface area contributed by atoms with Gasteiger partial charge >= 0.3 is 0 Å². The summed E-state index contributed by atoms with van der Waals surface area (Å²) in [5.41, 5.74) is 3.89. The third-order valence-corrected chi connectivity index (χ3v) is 5.07. The number of hydrogen-bond donors (Lipinski definition) is 1. The normalized spacial score (nSPS) is 16.9. The summed E-state index contributed by atoms with van der Waals surface area (Å²) in [6.07, 6.45) is 0.0854. The van der Waals surface area contributed by atoms with Gasteiger partial charge in [-0.05, 0) is 48.6 Å². The molecule has 1 unspecified atom stereocenters. The van der Waals surface area contributed by atoms with Gasteiger partial charge in [0.05, 0.1) is 11.6 Å². The van der Waals surface area contributed by atoms with Crippen molar-refractivity contribution in [3.05, 3.63) is 58.9 Å². The van der Waals surface area contributed by atoms with Crippen LogP contribution in [-0.4, -0.2) is 18.4 Å². The van der Waals surface area contributed by atoms with Gasteiger partial charge in [-0.3, -0.25) is 9.59 Å². The summed E-state index contributed by atoms with van der Waals surface area (Å²) in [6.45, 7) is 8.09. The minimum atomic E-state index is -0.502. The zero-order valence-electron chi connectivity index (χ0n) is 16.2. The molecule has 1 N–H and O–H groups in total. The first-order valence-electron chi connectivity index (χ1n) is 9.24. The van der Waals surface area contributed by atoms with E-state index in [0.717, 1.165) is 22.4 Å². The number of hydrogen-bond acceptors (Lipinski definition) is 2. The number of halogens is 1. The third kappa shape index (κ3) is 3.87. The lowest BCUT2D eigenvalue weighted by atomic mass is 9.97. The van der Waals surface area contributed by atoms with E-state index in [0.29, 0.717) is 0 Å². The lowest BCUT2D eigenvalue weighted by molar-refractivity contribution is -0.122. The van der Waals surface area contributed by atoms with Crippen LogP contribution >= 0.6 is 0 Å². The van der Waals surface area contributed by atoms with E-state index in [1.54, 1.807) is 19.1 Å². The van der Waals surface area contributed by atoms with E-state index in [1.165, 1.54) is 11.0 Å². The molecule has 2 amide bonds. The molecule has 27 heavy (non-hydrogen) atoms. The molecule has 0 aliphatic carbocycles. The molecule has 1 saturated heterocycles. The van der Waals surface area contributed by atoms with Gasteiger partial charge in [-0.15, -0.1) is 0 Å². The van der Waals surface area contributed by atoms with Crippen LogP contribution in [0.2, 0.25) is 0 Å². The van der Waals surface area contributed by atoms with Crippen LogP contribution in [0.15, 0.2) is 36.4 Å². The monoisotopic (exact) mass is 368 g/mol. The summed E-state index contributed by atoms with van der Waals surface area (Å²) in [5, 5.41) is 3.01. The molecule has 2 aromatic rings. The Morgan fingerprint density at radius 2 is 1.96 bits per heavy atom. The van der Waals surface area contributed by atoms with Crippen LogP contribution in [-0.2, 0) is 9.59 Å². The lowest BCUT2D eigenvalue weighted by Crippen LogP contribution is -2.29. The number of carbonyl (C=O) groups excluding carboxylic acids is 2. The van der Waals surface area contributed by atoms with Crippen molar-refractivity contribution in [2.75, 3.05) is 16.8 Å². The number of rotatable bonds is 4. The summed E-state index contributed by atoms with van der Waals surface area (Å²) >= 11 is 0. The first-order chi connectivity index (χ1) is 12.8. The second-order valence-corrected chi connectivity index (χ2v) is 7.54. The number of carbonyl (C=O) groups is 2. The third-order valence-electron chi connectivity index (χ3n) is 5.07. The molecule has 1 atom stereocenters. The number of amides is 2. The maximum atomic E-state index is 14.3. The first-order valence-corrected chi connectivity index (χ1v) is 9.24. The fourth-order valence-electron chi connectivity index (χ4n) is 3.51. The zero-order valence-corrected chi connectivity index (χ0v) is 16.2. The molecule has 2 aromatic carbocycles. The molecule has 0 radical (unpaired) electrons. The highest BCUT2D eigenvalue weighted by atomic mass is 19.1. The van der Waals surface area contributed by atoms with Gasteiger partial charge in [0, 0.05) is 18.7 Å². The van der Waals surface area contributed by atoms with E-state index in [1.807, 2.05) is 25.1 Å². The Labute approximate surface area is 159 Å². The van der Waals surface area contributed by atoms with Crippen molar-refractivity contribution in [3.63, 3.8) is 0 Å². The van der Waals surface area contributed by atoms with Crippen LogP contribution in [0, 0.1) is 25.6 Å². The quantitative estimate of drug-likeness (QED) is 0.860. The van der Waals surface area contributed by atoms with Crippen molar-refractivity contribution in [2.45, 2.75) is 40.0 Å². The van der Waals surface area contributed by atoms with Crippen LogP contribution < -0.4 is 10.2 Å². The molecule has 1 aliphatic heterocycles. The van der Waals surface area contributed by atoms with Crippen molar-refractivity contribution in [1.29, 1.82) is 0 Å². The highest BCUT2D eigenvalue weighted by Crippen LogP contribution is 2.31. The van der Waals surface area contributed by atoms with Crippen molar-refractivity contribution in [1.82, 2.24) is 0 Å². The molecular formula is C22H25FN2O2. The van der Waals surface area contributed by atoms with Crippen LogP contribution in [0.25, 0.3) is 0 Å². The summed E-state index contributed by atoms with van der Waals surface area (Å²) in [5.74, 6) is -1.10. The van der Waals surface area contributed by atoms with Crippen molar-refractivity contribution in [2.24, 2.45) is 5.92 Å². The van der Waals surface area contributed by atoms with Crippen LogP contribution in [0.3, 0.4) is 0 Å². The standard InChI is InChI=1S/C22H25FN2O2/c1-13(2)17-7-5-6-15(4)21(17)24-22(27)16-11-20(26)25(12-16)19-9-8-14(3)10-18(19)23/h5-10,13,16H,11-12H2,1-4H3,(H,24,27). The summed E-state index contributed by atoms with van der Waals surface area (Å²) in [4.78, 5) is 26.6. The molecule has 0 saturated carbocycles. The molecule has 142 valence electrons. The molecular weight excluding hydrogens is 343 g/mol. The van der Waals surface area contributed by atoms with E-state index < -0.39 is 11.7 Å². The van der Waals surface area contributed by atoms with Crippen LogP contribution in [0.5, 0.6) is 0 Å². The molecule has 0 aromatic heterocycles. The molecule has 0 bridgehead atoms. The van der Waals surface area contributed by atoms with E-state index in [-0.39, 0.29) is 36.4 Å². The zero-order chi connectivity index (χ0) is 19.7. The summed E-state index contributed by atoms with van der Waals surface area (Å²) in [6, 6.07) is 10.7. The number of nitrogens with zero attached hydrogens (tertiary/aromatic N) is 1. The van der Waals surface area contributed by atoms with Crippen molar-refractivity contribution in [3.8, 4) is 0 Å². The Hall–Kier alpha value is -2.69. The molecule has 0 spiro atoms. The largest absolute Gasteiger partial charge is 0.325 e. The number of aryl methyl sites for hydroxylation is 2. The number of benzene rings is 2. The van der Waals surface area contributed by atoms with E-state index in [2.05, 4.69) is 19.2 Å². The highest BCUT2D eigenvalue weighted by Gasteiger charge is 2.36. The smallest absolute Gasteiger partial charge is 0.229 e. The number of anilines is 2. The van der Waals surface area contributed by atoms with E-state index in [9.17, 15) is 14.0 Å². The van der Waals surface area contributed by atoms with Crippen molar-refractivity contribution < 1.29 is 14.0 Å². The average molecular weight is 368 g/mol. The van der Waals surface area contributed by atoms with Crippen molar-refractivity contribution >= 4 is 23.2 Å². The van der Waals surface area contributed by atoms with E-state index in [4.69, 9.17) is 0 Å². The van der Waals surface area contributed by atoms with Gasteiger partial charge in [0.2, 0.25) is 11.8 Å². The second kappa shape index (κ2) is 7.51. The minimum Gasteiger partial charge on any atom is -0.325 e. The summed E-state index contributed by atoms with van der Waals surface area (Å²) < 4.78 is 14.3. The highest BCUT2D eigenvalue weighted by molar-refractivity contribution is 6.04. The average Bonchev–Trinajstić information content (AvgIpc) is 2.98. The Morgan fingerprint density at radius 1 is 1.22 bits per heavy atom. The fourth-order valence-corrected chi connectivity index (χ4v) is 3.51. The van der Waals surface area contributed by atoms with Gasteiger partial charge in [0.25, 0.3) is 0 Å². The first kappa shape index (κ1) is 19.1. The Kier molecular flexibility index (Phi) is 5.31. The maximum Gasteiger partial charge on any atom is 0.229 e. The van der Waals surface area contributed by atoms with Gasteiger partial charge in [0.15, 0.2) is 0 Å². The minimum absolute atomic E-state index is 0.0854. The van der Waals surface area contributed by atoms with Gasteiger partial charge in [-0.2, -0.15) is 0 Å². The molecule has 1 heterocycles. The lowest BCUT2D eigenvalue weighted by Gasteiger charge is -2.19. The Bertz CT molecular complexity index is 892. The fraction of sp³-hybridized carbons (Fsp3) is 0.364. The topological polar surface area (TPSA) is 49.4 Å². The second-order valence-electron chi connectivity index (χ2n) is 7.54. The molecule has 5 heteroatoms. The number of para-hydroxylation sites is 1. The van der Waals surface area contributed by atoms with Crippen LogP contribution in [0.4, 0.5) is 15.8 Å². The predicted molar refractivity (Wildman–Crippen MR) is 105 cm³/mol. The van der Waals surface area contributed by atoms with Gasteiger partial charge in [-0.1, -0.05) is 38.1 Å².